The minimum atomic E-state index is -1.25. The molecule has 0 amide bonds. The number of rotatable bonds is 3. The topological polar surface area (TPSA) is 72.3 Å². The fraction of sp³-hybridized carbons (Fsp3) is 0.0833. The molecule has 1 heterocycles. The van der Waals surface area contributed by atoms with Crippen LogP contribution < -0.4 is 4.74 Å². The fourth-order valence-corrected chi connectivity index (χ4v) is 1.77. The van der Waals surface area contributed by atoms with Crippen LogP contribution in [0.5, 0.6) is 5.75 Å². The summed E-state index contributed by atoms with van der Waals surface area (Å²) >= 11 is 5.90. The monoisotopic (exact) mass is 282 g/mol. The summed E-state index contributed by atoms with van der Waals surface area (Å²) in [5.41, 5.74) is 0.433. The third-order valence-electron chi connectivity index (χ3n) is 2.39. The lowest BCUT2D eigenvalue weighted by atomic mass is 10.1. The van der Waals surface area contributed by atoms with E-state index in [2.05, 4.69) is 10.2 Å². The lowest BCUT2D eigenvalue weighted by Crippen LogP contribution is -2.06. The largest absolute Gasteiger partial charge is 0.494 e. The Kier molecular flexibility index (Phi) is 3.62. The summed E-state index contributed by atoms with van der Waals surface area (Å²) in [5, 5.41) is 16.4. The zero-order chi connectivity index (χ0) is 14.0. The molecule has 2 rings (SSSR count). The van der Waals surface area contributed by atoms with Gasteiger partial charge < -0.3 is 9.84 Å². The molecule has 0 aliphatic heterocycles. The van der Waals surface area contributed by atoms with Gasteiger partial charge in [-0.3, -0.25) is 0 Å². The Morgan fingerprint density at radius 1 is 1.37 bits per heavy atom. The first kappa shape index (κ1) is 13.2. The van der Waals surface area contributed by atoms with Crippen molar-refractivity contribution in [2.45, 2.75) is 0 Å². The van der Waals surface area contributed by atoms with E-state index in [1.807, 2.05) is 0 Å². The molecule has 0 atom stereocenters. The average Bonchev–Trinajstić information content (AvgIpc) is 2.37. The maximum atomic E-state index is 13.0. The van der Waals surface area contributed by atoms with Gasteiger partial charge in [0.1, 0.15) is 5.82 Å². The van der Waals surface area contributed by atoms with Crippen molar-refractivity contribution < 1.29 is 19.0 Å². The molecule has 0 saturated carbocycles. The van der Waals surface area contributed by atoms with E-state index in [1.165, 1.54) is 25.3 Å². The molecule has 0 saturated heterocycles. The summed E-state index contributed by atoms with van der Waals surface area (Å²) in [7, 11) is 1.32. The van der Waals surface area contributed by atoms with Crippen molar-refractivity contribution in [3.05, 3.63) is 40.8 Å². The number of aromatic carboxylic acids is 1. The molecule has 0 bridgehead atoms. The van der Waals surface area contributed by atoms with Crippen LogP contribution in [0, 0.1) is 5.82 Å². The first-order valence-electron chi connectivity index (χ1n) is 5.13. The molecule has 0 spiro atoms. The Bertz CT molecular complexity index is 649. The molecule has 2 aromatic rings. The second-order valence-corrected chi connectivity index (χ2v) is 3.98. The molecule has 0 unspecified atom stereocenters. The SMILES string of the molecule is COc1cc(-c2ccc(F)cc2Cl)nnc1C(=O)O. The minimum Gasteiger partial charge on any atom is -0.494 e. The van der Waals surface area contributed by atoms with E-state index in [4.69, 9.17) is 21.4 Å². The molecule has 98 valence electrons. The highest BCUT2D eigenvalue weighted by Gasteiger charge is 2.16. The van der Waals surface area contributed by atoms with Crippen molar-refractivity contribution in [3.8, 4) is 17.0 Å². The molecule has 0 aliphatic rings. The average molecular weight is 283 g/mol. The van der Waals surface area contributed by atoms with Crippen LogP contribution in [0.15, 0.2) is 24.3 Å². The van der Waals surface area contributed by atoms with E-state index < -0.39 is 11.8 Å². The number of hydrogen-bond donors (Lipinski definition) is 1. The van der Waals surface area contributed by atoms with Gasteiger partial charge in [0, 0.05) is 11.6 Å². The number of methoxy groups -OCH3 is 1. The Hall–Kier alpha value is -2.21. The van der Waals surface area contributed by atoms with Gasteiger partial charge in [-0.1, -0.05) is 11.6 Å². The van der Waals surface area contributed by atoms with E-state index in [-0.39, 0.29) is 16.5 Å². The number of ether oxygens (including phenoxy) is 1. The number of nitrogens with zero attached hydrogens (tertiary/aromatic N) is 2. The second kappa shape index (κ2) is 5.19. The van der Waals surface area contributed by atoms with Gasteiger partial charge >= 0.3 is 5.97 Å². The van der Waals surface area contributed by atoms with Crippen molar-refractivity contribution in [1.29, 1.82) is 0 Å². The number of carbonyl (C=O) groups is 1. The molecule has 0 aliphatic carbocycles. The van der Waals surface area contributed by atoms with Crippen molar-refractivity contribution in [2.75, 3.05) is 7.11 Å². The van der Waals surface area contributed by atoms with Gasteiger partial charge in [-0.05, 0) is 18.2 Å². The van der Waals surface area contributed by atoms with Crippen LogP contribution in [-0.4, -0.2) is 28.4 Å². The van der Waals surface area contributed by atoms with Crippen molar-refractivity contribution in [1.82, 2.24) is 10.2 Å². The van der Waals surface area contributed by atoms with Gasteiger partial charge in [0.2, 0.25) is 5.69 Å². The molecular weight excluding hydrogens is 275 g/mol. The first-order valence-corrected chi connectivity index (χ1v) is 5.51. The third kappa shape index (κ3) is 2.63. The van der Waals surface area contributed by atoms with Gasteiger partial charge in [0.25, 0.3) is 0 Å². The molecule has 19 heavy (non-hydrogen) atoms. The van der Waals surface area contributed by atoms with Crippen LogP contribution in [0.4, 0.5) is 4.39 Å². The van der Waals surface area contributed by atoms with Crippen LogP contribution in [0.25, 0.3) is 11.3 Å². The molecule has 0 radical (unpaired) electrons. The fourth-order valence-electron chi connectivity index (χ4n) is 1.51. The first-order chi connectivity index (χ1) is 9.02. The van der Waals surface area contributed by atoms with Crippen LogP contribution in [0.2, 0.25) is 5.02 Å². The Morgan fingerprint density at radius 3 is 2.68 bits per heavy atom. The maximum Gasteiger partial charge on any atom is 0.360 e. The van der Waals surface area contributed by atoms with E-state index in [9.17, 15) is 9.18 Å². The Labute approximate surface area is 112 Å². The number of benzene rings is 1. The zero-order valence-corrected chi connectivity index (χ0v) is 10.5. The van der Waals surface area contributed by atoms with Gasteiger partial charge in [-0.15, -0.1) is 10.2 Å². The summed E-state index contributed by atoms with van der Waals surface area (Å²) < 4.78 is 17.9. The Balaban J connectivity index is 2.54. The molecule has 1 aromatic carbocycles. The summed E-state index contributed by atoms with van der Waals surface area (Å²) in [5.74, 6) is -1.67. The van der Waals surface area contributed by atoms with E-state index in [0.717, 1.165) is 6.07 Å². The third-order valence-corrected chi connectivity index (χ3v) is 2.70. The van der Waals surface area contributed by atoms with Gasteiger partial charge in [0.05, 0.1) is 17.8 Å². The highest BCUT2D eigenvalue weighted by Crippen LogP contribution is 2.29. The lowest BCUT2D eigenvalue weighted by Gasteiger charge is -2.07. The molecule has 5 nitrogen and oxygen atoms in total. The maximum absolute atomic E-state index is 13.0. The number of aromatic nitrogens is 2. The molecular formula is C12H8ClFN2O3. The molecule has 0 fully saturated rings. The summed E-state index contributed by atoms with van der Waals surface area (Å²) in [6.07, 6.45) is 0. The van der Waals surface area contributed by atoms with E-state index in [1.54, 1.807) is 0 Å². The summed E-state index contributed by atoms with van der Waals surface area (Å²) in [4.78, 5) is 10.9. The predicted molar refractivity (Wildman–Crippen MR) is 65.9 cm³/mol. The van der Waals surface area contributed by atoms with Gasteiger partial charge in [-0.2, -0.15) is 0 Å². The van der Waals surface area contributed by atoms with Crippen LogP contribution in [-0.2, 0) is 0 Å². The molecule has 1 N–H and O–H groups in total. The normalized spacial score (nSPS) is 10.3. The zero-order valence-electron chi connectivity index (χ0n) is 9.72. The van der Waals surface area contributed by atoms with E-state index >= 15 is 0 Å². The number of halogens is 2. The van der Waals surface area contributed by atoms with E-state index in [0.29, 0.717) is 11.3 Å². The van der Waals surface area contributed by atoms with Gasteiger partial charge in [-0.25, -0.2) is 9.18 Å². The smallest absolute Gasteiger partial charge is 0.360 e. The number of carboxylic acids is 1. The lowest BCUT2D eigenvalue weighted by molar-refractivity contribution is 0.0685. The number of hydrogen-bond acceptors (Lipinski definition) is 4. The number of carboxylic acid groups (broad SMARTS) is 1. The molecule has 1 aromatic heterocycles. The van der Waals surface area contributed by atoms with Crippen LogP contribution in [0.1, 0.15) is 10.5 Å². The minimum absolute atomic E-state index is 0.0536. The predicted octanol–water partition coefficient (Wildman–Crippen LogP) is 2.64. The van der Waals surface area contributed by atoms with Crippen molar-refractivity contribution >= 4 is 17.6 Å². The second-order valence-electron chi connectivity index (χ2n) is 3.58. The summed E-state index contributed by atoms with van der Waals surface area (Å²) in [6, 6.07) is 5.17. The van der Waals surface area contributed by atoms with Crippen LogP contribution in [0.3, 0.4) is 0 Å². The van der Waals surface area contributed by atoms with Crippen molar-refractivity contribution in [2.24, 2.45) is 0 Å². The highest BCUT2D eigenvalue weighted by molar-refractivity contribution is 6.33. The van der Waals surface area contributed by atoms with Gasteiger partial charge in [0.15, 0.2) is 5.75 Å². The quantitative estimate of drug-likeness (QED) is 0.937. The summed E-state index contributed by atoms with van der Waals surface area (Å²) in [6.45, 7) is 0. The standard InChI is InChI=1S/C12H8ClFN2O3/c1-19-10-5-9(15-16-11(10)12(17)18)7-3-2-6(14)4-8(7)13/h2-5H,1H3,(H,17,18). The molecule has 7 heteroatoms. The van der Waals surface area contributed by atoms with Crippen molar-refractivity contribution in [3.63, 3.8) is 0 Å². The van der Waals surface area contributed by atoms with Crippen LogP contribution >= 0.6 is 11.6 Å². The Morgan fingerprint density at radius 2 is 2.11 bits per heavy atom. The highest BCUT2D eigenvalue weighted by atomic mass is 35.5.